The molecule has 0 aliphatic carbocycles. The Balaban J connectivity index is 2.01. The second kappa shape index (κ2) is 6.73. The third kappa shape index (κ3) is 3.82. The van der Waals surface area contributed by atoms with E-state index in [-0.39, 0.29) is 10.8 Å². The van der Waals surface area contributed by atoms with Gasteiger partial charge in [-0.25, -0.2) is 4.39 Å². The molecule has 19 heavy (non-hydrogen) atoms. The number of nitrogens with zero attached hydrogens (tertiary/aromatic N) is 1. The van der Waals surface area contributed by atoms with Crippen molar-refractivity contribution in [3.63, 3.8) is 0 Å². The third-order valence-corrected chi connectivity index (χ3v) is 3.24. The van der Waals surface area contributed by atoms with Gasteiger partial charge < -0.3 is 9.88 Å². The van der Waals surface area contributed by atoms with E-state index < -0.39 is 0 Å². The van der Waals surface area contributed by atoms with E-state index in [9.17, 15) is 4.39 Å². The highest BCUT2D eigenvalue weighted by atomic mass is 35.5. The molecule has 0 saturated carbocycles. The van der Waals surface area contributed by atoms with Gasteiger partial charge >= 0.3 is 0 Å². The van der Waals surface area contributed by atoms with Crippen molar-refractivity contribution >= 4 is 11.6 Å². The van der Waals surface area contributed by atoms with Crippen LogP contribution in [-0.2, 0) is 13.1 Å². The first-order valence-electron chi connectivity index (χ1n) is 6.49. The maximum Gasteiger partial charge on any atom is 0.146 e. The van der Waals surface area contributed by atoms with E-state index >= 15 is 0 Å². The molecule has 0 spiro atoms. The summed E-state index contributed by atoms with van der Waals surface area (Å²) in [4.78, 5) is 0. The average Bonchev–Trinajstić information content (AvgIpc) is 2.83. The van der Waals surface area contributed by atoms with Crippen LogP contribution in [0.2, 0.25) is 5.02 Å². The lowest BCUT2D eigenvalue weighted by Gasteiger charge is -2.06. The number of hydrogen-bond donors (Lipinski definition) is 1. The fraction of sp³-hybridized carbons (Fsp3) is 0.333. The van der Waals surface area contributed by atoms with Crippen LogP contribution in [0.3, 0.4) is 0 Å². The lowest BCUT2D eigenvalue weighted by atomic mass is 10.2. The highest BCUT2D eigenvalue weighted by Crippen LogP contribution is 2.19. The number of nitrogens with one attached hydrogen (secondary N) is 1. The molecule has 1 aromatic heterocycles. The van der Waals surface area contributed by atoms with Crippen LogP contribution in [0.25, 0.3) is 0 Å². The number of rotatable bonds is 6. The molecule has 0 bridgehead atoms. The van der Waals surface area contributed by atoms with Gasteiger partial charge in [-0.1, -0.05) is 30.7 Å². The summed E-state index contributed by atoms with van der Waals surface area (Å²) in [7, 11) is 0. The molecule has 2 aromatic rings. The topological polar surface area (TPSA) is 17.0 Å². The molecule has 0 aliphatic rings. The molecule has 4 heteroatoms. The van der Waals surface area contributed by atoms with Gasteiger partial charge in [0.1, 0.15) is 5.82 Å². The van der Waals surface area contributed by atoms with E-state index in [0.717, 1.165) is 19.5 Å². The monoisotopic (exact) mass is 280 g/mol. The highest BCUT2D eigenvalue weighted by molar-refractivity contribution is 6.30. The SMILES string of the molecule is CCCNCc1ccn(Cc2cccc(Cl)c2F)c1. The van der Waals surface area contributed by atoms with Crippen molar-refractivity contribution < 1.29 is 4.39 Å². The van der Waals surface area contributed by atoms with Crippen LogP contribution >= 0.6 is 11.6 Å². The molecule has 2 nitrogen and oxygen atoms in total. The Morgan fingerprint density at radius 1 is 1.32 bits per heavy atom. The zero-order valence-electron chi connectivity index (χ0n) is 11.0. The molecule has 2 rings (SSSR count). The van der Waals surface area contributed by atoms with Crippen molar-refractivity contribution in [2.75, 3.05) is 6.54 Å². The zero-order chi connectivity index (χ0) is 13.7. The van der Waals surface area contributed by atoms with Crippen molar-refractivity contribution in [3.8, 4) is 0 Å². The standard InChI is InChI=1S/C15H18ClFN2/c1-2-7-18-9-12-6-8-19(10-12)11-13-4-3-5-14(16)15(13)17/h3-6,8,10,18H,2,7,9,11H2,1H3. The van der Waals surface area contributed by atoms with E-state index in [1.807, 2.05) is 23.0 Å². The lowest BCUT2D eigenvalue weighted by Crippen LogP contribution is -2.13. The third-order valence-electron chi connectivity index (χ3n) is 2.95. The number of hydrogen-bond acceptors (Lipinski definition) is 1. The summed E-state index contributed by atoms with van der Waals surface area (Å²) >= 11 is 5.78. The van der Waals surface area contributed by atoms with E-state index in [1.165, 1.54) is 5.56 Å². The van der Waals surface area contributed by atoms with Crippen LogP contribution in [-0.4, -0.2) is 11.1 Å². The quantitative estimate of drug-likeness (QED) is 0.796. The maximum atomic E-state index is 13.8. The minimum Gasteiger partial charge on any atom is -0.349 e. The minimum absolute atomic E-state index is 0.175. The van der Waals surface area contributed by atoms with Gasteiger partial charge in [0.15, 0.2) is 0 Å². The average molecular weight is 281 g/mol. The van der Waals surface area contributed by atoms with Crippen LogP contribution in [0.4, 0.5) is 4.39 Å². The van der Waals surface area contributed by atoms with Crippen molar-refractivity contribution in [2.45, 2.75) is 26.4 Å². The van der Waals surface area contributed by atoms with Gasteiger partial charge in [-0.3, -0.25) is 0 Å². The van der Waals surface area contributed by atoms with Crippen LogP contribution < -0.4 is 5.32 Å². The molecule has 1 heterocycles. The second-order valence-electron chi connectivity index (χ2n) is 4.58. The van der Waals surface area contributed by atoms with Crippen molar-refractivity contribution in [1.82, 2.24) is 9.88 Å². The normalized spacial score (nSPS) is 10.9. The molecule has 0 unspecified atom stereocenters. The molecule has 1 aromatic carbocycles. The predicted molar refractivity (Wildman–Crippen MR) is 76.9 cm³/mol. The number of halogens is 2. The van der Waals surface area contributed by atoms with Crippen LogP contribution in [0, 0.1) is 5.82 Å². The van der Waals surface area contributed by atoms with E-state index in [2.05, 4.69) is 12.2 Å². The molecule has 0 saturated heterocycles. The molecule has 0 fully saturated rings. The summed E-state index contributed by atoms with van der Waals surface area (Å²) in [6.45, 7) is 4.49. The molecular formula is C15H18ClFN2. The van der Waals surface area contributed by atoms with Gasteiger partial charge in [-0.05, 0) is 30.7 Å². The smallest absolute Gasteiger partial charge is 0.146 e. The second-order valence-corrected chi connectivity index (χ2v) is 4.99. The van der Waals surface area contributed by atoms with E-state index in [1.54, 1.807) is 18.2 Å². The molecule has 0 aliphatic heterocycles. The Kier molecular flexibility index (Phi) is 5.00. The van der Waals surface area contributed by atoms with E-state index in [4.69, 9.17) is 11.6 Å². The van der Waals surface area contributed by atoms with Gasteiger partial charge in [0.25, 0.3) is 0 Å². The van der Waals surface area contributed by atoms with Gasteiger partial charge in [0.05, 0.1) is 5.02 Å². The fourth-order valence-corrected chi connectivity index (χ4v) is 2.16. The van der Waals surface area contributed by atoms with Crippen molar-refractivity contribution in [1.29, 1.82) is 0 Å². The summed E-state index contributed by atoms with van der Waals surface area (Å²) in [5.41, 5.74) is 1.81. The van der Waals surface area contributed by atoms with Gasteiger partial charge in [0, 0.05) is 31.0 Å². The maximum absolute atomic E-state index is 13.8. The van der Waals surface area contributed by atoms with Crippen LogP contribution in [0.15, 0.2) is 36.7 Å². The summed E-state index contributed by atoms with van der Waals surface area (Å²) in [6, 6.07) is 7.14. The predicted octanol–water partition coefficient (Wildman–Crippen LogP) is 3.83. The zero-order valence-corrected chi connectivity index (χ0v) is 11.8. The minimum atomic E-state index is -0.330. The molecule has 0 amide bonds. The molecule has 1 N–H and O–H groups in total. The molecule has 0 radical (unpaired) electrons. The fourth-order valence-electron chi connectivity index (χ4n) is 1.97. The van der Waals surface area contributed by atoms with Crippen LogP contribution in [0.5, 0.6) is 0 Å². The van der Waals surface area contributed by atoms with Crippen molar-refractivity contribution in [3.05, 3.63) is 58.6 Å². The molecule has 102 valence electrons. The van der Waals surface area contributed by atoms with Crippen molar-refractivity contribution in [2.24, 2.45) is 0 Å². The lowest BCUT2D eigenvalue weighted by molar-refractivity contribution is 0.600. The van der Waals surface area contributed by atoms with Gasteiger partial charge in [-0.2, -0.15) is 0 Å². The molecule has 0 atom stereocenters. The van der Waals surface area contributed by atoms with Gasteiger partial charge in [0.2, 0.25) is 0 Å². The molecular weight excluding hydrogens is 263 g/mol. The Labute approximate surface area is 118 Å². The Morgan fingerprint density at radius 3 is 2.95 bits per heavy atom. The largest absolute Gasteiger partial charge is 0.349 e. The first kappa shape index (κ1) is 14.1. The highest BCUT2D eigenvalue weighted by Gasteiger charge is 2.06. The summed E-state index contributed by atoms with van der Waals surface area (Å²) < 4.78 is 15.8. The summed E-state index contributed by atoms with van der Waals surface area (Å²) in [6.07, 6.45) is 5.11. The first-order valence-corrected chi connectivity index (χ1v) is 6.86. The van der Waals surface area contributed by atoms with Crippen LogP contribution in [0.1, 0.15) is 24.5 Å². The Hall–Kier alpha value is -1.32. The summed E-state index contributed by atoms with van der Waals surface area (Å²) in [5.74, 6) is -0.330. The van der Waals surface area contributed by atoms with Gasteiger partial charge in [-0.15, -0.1) is 0 Å². The Morgan fingerprint density at radius 2 is 2.16 bits per heavy atom. The first-order chi connectivity index (χ1) is 9.20. The van der Waals surface area contributed by atoms with E-state index in [0.29, 0.717) is 12.1 Å². The Bertz CT molecular complexity index is 537. The summed E-state index contributed by atoms with van der Waals surface area (Å²) in [5, 5.41) is 3.52. The number of benzene rings is 1. The number of aromatic nitrogens is 1.